The Hall–Kier alpha value is -0.980. The van der Waals surface area contributed by atoms with E-state index < -0.39 is 44.0 Å². The fourth-order valence-corrected chi connectivity index (χ4v) is 8.04. The molecule has 1 aliphatic rings. The number of thioether (sulfide) groups is 1. The third-order valence-corrected chi connectivity index (χ3v) is 11.2. The van der Waals surface area contributed by atoms with Crippen LogP contribution in [0.3, 0.4) is 0 Å². The van der Waals surface area contributed by atoms with Crippen LogP contribution in [0.2, 0.25) is 0 Å². The lowest BCUT2D eigenvalue weighted by Gasteiger charge is -2.22. The van der Waals surface area contributed by atoms with Crippen molar-refractivity contribution in [2.45, 2.75) is 160 Å². The smallest absolute Gasteiger partial charge is 0.351 e. The highest BCUT2D eigenvalue weighted by Gasteiger charge is 2.47. The number of rotatable bonds is 29. The normalized spacial score (nSPS) is 21.6. The molecule has 0 spiro atoms. The Morgan fingerprint density at radius 2 is 1.47 bits per heavy atom. The van der Waals surface area contributed by atoms with Gasteiger partial charge < -0.3 is 34.8 Å². The van der Waals surface area contributed by atoms with Gasteiger partial charge in [-0.3, -0.25) is 9.13 Å². The van der Waals surface area contributed by atoms with E-state index in [1.54, 1.807) is 11.8 Å². The zero-order chi connectivity index (χ0) is 34.3. The van der Waals surface area contributed by atoms with E-state index in [4.69, 9.17) is 19.7 Å². The summed E-state index contributed by atoms with van der Waals surface area (Å²) in [7, 11) is -4.24. The second-order valence-corrected chi connectivity index (χ2v) is 16.0. The molecule has 11 nitrogen and oxygen atoms in total. The van der Waals surface area contributed by atoms with Gasteiger partial charge in [0.15, 0.2) is 6.23 Å². The Bertz CT molecular complexity index is 1050. The topological polar surface area (TPSA) is 166 Å². The van der Waals surface area contributed by atoms with E-state index in [-0.39, 0.29) is 18.5 Å². The first-order chi connectivity index (χ1) is 22.7. The standard InChI is InChI=1S/C34H64N3O8PS/c1-3-5-7-9-11-13-14-16-18-20-24-47-27-28(43-23-19-17-15-12-10-8-6-4-2)25-44-46(41,42)26-29-31(38)32(39)33(45-29)37-22-21-30(35)36-34(37)40/h21-22,28-29,31-33,38-39H,3-20,23-27H2,1-2H3,(H,41,42)(H2,35,36,40)/t28?,29-,31-,32+,33?/m1/s1. The maximum Gasteiger partial charge on any atom is 0.351 e. The van der Waals surface area contributed by atoms with E-state index in [1.165, 1.54) is 109 Å². The average Bonchev–Trinajstić information content (AvgIpc) is 3.30. The van der Waals surface area contributed by atoms with Crippen molar-refractivity contribution in [3.63, 3.8) is 0 Å². The summed E-state index contributed by atoms with van der Waals surface area (Å²) >= 11 is 1.78. The second-order valence-electron chi connectivity index (χ2n) is 12.9. The van der Waals surface area contributed by atoms with Gasteiger partial charge in [-0.05, 0) is 24.7 Å². The molecular weight excluding hydrogens is 641 g/mol. The SMILES string of the molecule is CCCCCCCCCCCCSCC(COP(=O)(O)C[C@H]1OC(n2ccc(N)nc2=O)[C@@H](O)[C@@H]1O)OCCCCCCCCCC. The summed E-state index contributed by atoms with van der Waals surface area (Å²) in [6.45, 7) is 4.97. The number of hydrogen-bond donors (Lipinski definition) is 4. The molecule has 0 bridgehead atoms. The van der Waals surface area contributed by atoms with E-state index in [0.29, 0.717) is 12.4 Å². The molecule has 47 heavy (non-hydrogen) atoms. The first-order valence-electron chi connectivity index (χ1n) is 18.2. The molecule has 6 atom stereocenters. The maximum absolute atomic E-state index is 13.1. The van der Waals surface area contributed by atoms with Crippen molar-refractivity contribution >= 4 is 25.2 Å². The molecule has 1 aliphatic heterocycles. The van der Waals surface area contributed by atoms with Crippen LogP contribution in [0.25, 0.3) is 0 Å². The molecule has 1 saturated heterocycles. The Morgan fingerprint density at radius 3 is 2.04 bits per heavy atom. The van der Waals surface area contributed by atoms with E-state index in [9.17, 15) is 24.5 Å². The van der Waals surface area contributed by atoms with Crippen LogP contribution < -0.4 is 11.4 Å². The number of anilines is 1. The molecule has 1 aromatic heterocycles. The van der Waals surface area contributed by atoms with Crippen molar-refractivity contribution < 1.29 is 33.7 Å². The monoisotopic (exact) mass is 705 g/mol. The number of nitrogens with two attached hydrogens (primary N) is 1. The number of ether oxygens (including phenoxy) is 2. The van der Waals surface area contributed by atoms with Gasteiger partial charge in [-0.25, -0.2) is 4.79 Å². The fraction of sp³-hybridized carbons (Fsp3) is 0.882. The quantitative estimate of drug-likeness (QED) is 0.0510. The van der Waals surface area contributed by atoms with E-state index in [0.717, 1.165) is 29.6 Å². The molecule has 2 heterocycles. The molecule has 1 aromatic rings. The lowest BCUT2D eigenvalue weighted by Crippen LogP contribution is -2.36. The van der Waals surface area contributed by atoms with Crippen LogP contribution in [0, 0.1) is 0 Å². The van der Waals surface area contributed by atoms with Crippen LogP contribution >= 0.6 is 19.4 Å². The van der Waals surface area contributed by atoms with Crippen LogP contribution in [0.15, 0.2) is 17.1 Å². The number of hydrogen-bond acceptors (Lipinski definition) is 10. The van der Waals surface area contributed by atoms with Crippen molar-refractivity contribution in [3.05, 3.63) is 22.7 Å². The van der Waals surface area contributed by atoms with Gasteiger partial charge in [0.05, 0.1) is 18.9 Å². The van der Waals surface area contributed by atoms with Crippen molar-refractivity contribution in [3.8, 4) is 0 Å². The number of aliphatic hydroxyl groups is 2. The van der Waals surface area contributed by atoms with E-state index >= 15 is 0 Å². The van der Waals surface area contributed by atoms with Gasteiger partial charge in [-0.15, -0.1) is 0 Å². The molecule has 0 radical (unpaired) electrons. The highest BCUT2D eigenvalue weighted by molar-refractivity contribution is 7.99. The van der Waals surface area contributed by atoms with Crippen molar-refractivity contribution in [1.29, 1.82) is 0 Å². The number of unbranched alkanes of at least 4 members (excludes halogenated alkanes) is 16. The molecule has 0 aliphatic carbocycles. The summed E-state index contributed by atoms with van der Waals surface area (Å²) in [5.41, 5.74) is 4.77. The first-order valence-corrected chi connectivity index (χ1v) is 21.1. The van der Waals surface area contributed by atoms with Crippen molar-refractivity contribution in [2.75, 3.05) is 36.6 Å². The summed E-state index contributed by atoms with van der Waals surface area (Å²) < 4.78 is 31.4. The van der Waals surface area contributed by atoms with Gasteiger partial charge in [-0.1, -0.05) is 117 Å². The number of aliphatic hydroxyl groups excluding tert-OH is 2. The molecule has 0 saturated carbocycles. The third-order valence-electron chi connectivity index (χ3n) is 8.63. The largest absolute Gasteiger partial charge is 0.387 e. The van der Waals surface area contributed by atoms with Crippen LogP contribution in [0.4, 0.5) is 5.82 Å². The summed E-state index contributed by atoms with van der Waals surface area (Å²) in [6.07, 6.45) is 17.4. The minimum absolute atomic E-state index is 0.00457. The molecule has 13 heteroatoms. The van der Waals surface area contributed by atoms with Gasteiger partial charge >= 0.3 is 13.3 Å². The average molecular weight is 706 g/mol. The molecule has 2 rings (SSSR count). The van der Waals surface area contributed by atoms with Crippen LogP contribution in [0.5, 0.6) is 0 Å². The fourth-order valence-electron chi connectivity index (χ4n) is 5.75. The lowest BCUT2D eigenvalue weighted by molar-refractivity contribution is -0.0355. The van der Waals surface area contributed by atoms with Gasteiger partial charge in [0.2, 0.25) is 0 Å². The lowest BCUT2D eigenvalue weighted by atomic mass is 10.1. The number of aromatic nitrogens is 2. The predicted molar refractivity (Wildman–Crippen MR) is 191 cm³/mol. The predicted octanol–water partition coefficient (Wildman–Crippen LogP) is 6.83. The van der Waals surface area contributed by atoms with Gasteiger partial charge in [0.1, 0.15) is 24.1 Å². The highest BCUT2D eigenvalue weighted by Crippen LogP contribution is 2.46. The van der Waals surface area contributed by atoms with Gasteiger partial charge in [0.25, 0.3) is 0 Å². The molecule has 274 valence electrons. The van der Waals surface area contributed by atoms with Crippen LogP contribution in [-0.2, 0) is 18.6 Å². The third kappa shape index (κ3) is 18.0. The van der Waals surface area contributed by atoms with Gasteiger partial charge in [-0.2, -0.15) is 16.7 Å². The minimum atomic E-state index is -4.24. The minimum Gasteiger partial charge on any atom is -0.387 e. The zero-order valence-corrected chi connectivity index (χ0v) is 30.7. The van der Waals surface area contributed by atoms with Crippen molar-refractivity contribution in [2.24, 2.45) is 0 Å². The summed E-state index contributed by atoms with van der Waals surface area (Å²) in [4.78, 5) is 26.5. The number of nitrogen functional groups attached to an aromatic ring is 1. The molecule has 5 N–H and O–H groups in total. The Morgan fingerprint density at radius 1 is 0.915 bits per heavy atom. The maximum atomic E-state index is 13.1. The zero-order valence-electron chi connectivity index (χ0n) is 29.0. The molecule has 0 aromatic carbocycles. The molecule has 1 fully saturated rings. The van der Waals surface area contributed by atoms with Gasteiger partial charge in [0, 0.05) is 18.6 Å². The summed E-state index contributed by atoms with van der Waals surface area (Å²) in [5, 5.41) is 21.1. The van der Waals surface area contributed by atoms with Crippen LogP contribution in [0.1, 0.15) is 136 Å². The van der Waals surface area contributed by atoms with E-state index in [2.05, 4.69) is 18.8 Å². The Balaban J connectivity index is 1.78. The molecule has 0 amide bonds. The molecule has 3 unspecified atom stereocenters. The first kappa shape index (κ1) is 42.2. The second kappa shape index (κ2) is 25.0. The van der Waals surface area contributed by atoms with Crippen LogP contribution in [-0.4, -0.2) is 80.0 Å². The Labute approximate surface area is 287 Å². The molecular formula is C34H64N3O8PS. The summed E-state index contributed by atoms with van der Waals surface area (Å²) in [6, 6.07) is 1.36. The Kier molecular flexibility index (Phi) is 22.5. The van der Waals surface area contributed by atoms with Crippen molar-refractivity contribution in [1.82, 2.24) is 9.55 Å². The summed E-state index contributed by atoms with van der Waals surface area (Å²) in [5.74, 6) is 1.67. The van der Waals surface area contributed by atoms with E-state index in [1.807, 2.05) is 0 Å². The highest BCUT2D eigenvalue weighted by atomic mass is 32.2. The number of nitrogens with zero attached hydrogens (tertiary/aromatic N) is 2.